The number of likely N-dealkylation sites (N-methyl/N-ethyl adjacent to an activating group) is 1. The predicted octanol–water partition coefficient (Wildman–Crippen LogP) is 0.400. The Morgan fingerprint density at radius 1 is 1.16 bits per heavy atom. The highest BCUT2D eigenvalue weighted by molar-refractivity contribution is 5.85. The molecule has 1 fully saturated rings. The zero-order valence-corrected chi connectivity index (χ0v) is 19.6. The topological polar surface area (TPSA) is 117 Å². The molecule has 0 aliphatic carbocycles. The highest BCUT2D eigenvalue weighted by atomic mass is 16.6. The number of carbonyl (C=O) groups is 2. The third-order valence-electron chi connectivity index (χ3n) is 5.79. The number of hydrogen-bond donors (Lipinski definition) is 2. The number of aliphatic imine (C=N–C) groups is 1. The summed E-state index contributed by atoms with van der Waals surface area (Å²) in [4.78, 5) is 36.4. The average molecular weight is 449 g/mol. The van der Waals surface area contributed by atoms with E-state index in [0.29, 0.717) is 32.2 Å². The summed E-state index contributed by atoms with van der Waals surface area (Å²) in [5.41, 5.74) is 0. The van der Waals surface area contributed by atoms with E-state index in [4.69, 9.17) is 4.74 Å². The molecule has 1 atom stereocenters. The van der Waals surface area contributed by atoms with Crippen molar-refractivity contribution in [3.8, 4) is 0 Å². The van der Waals surface area contributed by atoms with Gasteiger partial charge in [-0.2, -0.15) is 5.10 Å². The molecule has 0 aromatic carbocycles. The number of amides is 2. The quantitative estimate of drug-likeness (QED) is 0.478. The number of hydrogen-bond acceptors (Lipinski definition) is 6. The molecule has 0 bridgehead atoms. The third-order valence-corrected chi connectivity index (χ3v) is 5.79. The van der Waals surface area contributed by atoms with Gasteiger partial charge in [0.1, 0.15) is 12.4 Å². The largest absolute Gasteiger partial charge is 0.450 e. The molecular formula is C21H36N8O3. The Labute approximate surface area is 189 Å². The summed E-state index contributed by atoms with van der Waals surface area (Å²) in [5, 5.41) is 11.5. The number of likely N-dealkylation sites (tertiary alicyclic amines) is 1. The van der Waals surface area contributed by atoms with Crippen LogP contribution >= 0.6 is 0 Å². The number of guanidine groups is 1. The number of nitrogens with one attached hydrogen (secondary N) is 2. The Hall–Kier alpha value is -2.85. The lowest BCUT2D eigenvalue weighted by atomic mass is 10.1. The van der Waals surface area contributed by atoms with E-state index in [1.165, 1.54) is 4.90 Å². The van der Waals surface area contributed by atoms with Gasteiger partial charge in [0.15, 0.2) is 11.8 Å². The van der Waals surface area contributed by atoms with Gasteiger partial charge < -0.3 is 25.2 Å². The number of rotatable bonds is 6. The number of fused-ring (bicyclic) bond motifs is 1. The number of piperidine rings is 1. The molecule has 1 aromatic rings. The standard InChI is InChI=1S/C21H36N8O3/c1-5-17-25-18-8-7-16(14-29(18)26-17)24-20(22-13-19(30)27(3)4)23-15-9-11-28(12-10-15)21(31)32-6-2/h15-16H,5-14H2,1-4H3,(H2,22,23,24). The lowest BCUT2D eigenvalue weighted by Crippen LogP contribution is -2.53. The third kappa shape index (κ3) is 6.33. The van der Waals surface area contributed by atoms with Crippen LogP contribution in [0.1, 0.15) is 44.8 Å². The van der Waals surface area contributed by atoms with Gasteiger partial charge in [-0.25, -0.2) is 19.5 Å². The van der Waals surface area contributed by atoms with Crippen LogP contribution in [-0.2, 0) is 28.9 Å². The monoisotopic (exact) mass is 448 g/mol. The molecule has 1 saturated heterocycles. The molecule has 0 spiro atoms. The van der Waals surface area contributed by atoms with Gasteiger partial charge in [0.05, 0.1) is 13.2 Å². The van der Waals surface area contributed by atoms with Gasteiger partial charge in [-0.15, -0.1) is 0 Å². The minimum atomic E-state index is -0.258. The van der Waals surface area contributed by atoms with Crippen LogP contribution in [0.5, 0.6) is 0 Å². The SMILES string of the molecule is CCOC(=O)N1CCC(NC(=NCC(=O)N(C)C)NC2CCc3nc(CC)nn3C2)CC1. The van der Waals surface area contributed by atoms with Gasteiger partial charge in [-0.05, 0) is 26.2 Å². The van der Waals surface area contributed by atoms with Crippen LogP contribution in [0.2, 0.25) is 0 Å². The molecule has 11 nitrogen and oxygen atoms in total. The summed E-state index contributed by atoms with van der Waals surface area (Å²) in [6.07, 6.45) is 3.92. The molecular weight excluding hydrogens is 412 g/mol. The lowest BCUT2D eigenvalue weighted by Gasteiger charge is -2.33. The number of ether oxygens (including phenoxy) is 1. The first-order chi connectivity index (χ1) is 15.4. The highest BCUT2D eigenvalue weighted by Crippen LogP contribution is 2.14. The predicted molar refractivity (Wildman–Crippen MR) is 120 cm³/mol. The van der Waals surface area contributed by atoms with E-state index in [9.17, 15) is 9.59 Å². The van der Waals surface area contributed by atoms with E-state index in [2.05, 4.69) is 32.6 Å². The smallest absolute Gasteiger partial charge is 0.409 e. The van der Waals surface area contributed by atoms with Crippen molar-refractivity contribution in [2.45, 2.75) is 64.6 Å². The van der Waals surface area contributed by atoms with Crippen LogP contribution in [0.15, 0.2) is 4.99 Å². The average Bonchev–Trinajstić information content (AvgIpc) is 3.20. The Kier molecular flexibility index (Phi) is 8.29. The maximum atomic E-state index is 12.1. The van der Waals surface area contributed by atoms with Crippen molar-refractivity contribution in [1.29, 1.82) is 0 Å². The molecule has 32 heavy (non-hydrogen) atoms. The van der Waals surface area contributed by atoms with E-state index in [-0.39, 0.29) is 30.6 Å². The Bertz CT molecular complexity index is 814. The fourth-order valence-electron chi connectivity index (χ4n) is 3.86. The number of nitrogens with zero attached hydrogens (tertiary/aromatic N) is 6. The van der Waals surface area contributed by atoms with E-state index in [0.717, 1.165) is 43.8 Å². The molecule has 1 aromatic heterocycles. The molecule has 0 radical (unpaired) electrons. The molecule has 2 aliphatic heterocycles. The van der Waals surface area contributed by atoms with E-state index in [1.807, 2.05) is 11.6 Å². The summed E-state index contributed by atoms with van der Waals surface area (Å²) < 4.78 is 7.07. The highest BCUT2D eigenvalue weighted by Gasteiger charge is 2.26. The Morgan fingerprint density at radius 2 is 1.88 bits per heavy atom. The molecule has 2 amide bonds. The summed E-state index contributed by atoms with van der Waals surface area (Å²) >= 11 is 0. The first-order valence-corrected chi connectivity index (χ1v) is 11.5. The van der Waals surface area contributed by atoms with Gasteiger partial charge >= 0.3 is 6.09 Å². The summed E-state index contributed by atoms with van der Waals surface area (Å²) in [5.74, 6) is 2.47. The van der Waals surface area contributed by atoms with Gasteiger partial charge in [0, 0.05) is 52.1 Å². The van der Waals surface area contributed by atoms with Crippen LogP contribution in [0.4, 0.5) is 4.79 Å². The maximum absolute atomic E-state index is 12.1. The molecule has 2 aliphatic rings. The summed E-state index contributed by atoms with van der Waals surface area (Å²) in [6, 6.07) is 0.313. The first kappa shape index (κ1) is 23.8. The zero-order chi connectivity index (χ0) is 23.1. The van der Waals surface area contributed by atoms with Crippen molar-refractivity contribution < 1.29 is 14.3 Å². The second kappa shape index (κ2) is 11.1. The molecule has 0 saturated carbocycles. The Morgan fingerprint density at radius 3 is 2.53 bits per heavy atom. The lowest BCUT2D eigenvalue weighted by molar-refractivity contribution is -0.127. The van der Waals surface area contributed by atoms with Crippen LogP contribution in [0.3, 0.4) is 0 Å². The van der Waals surface area contributed by atoms with Crippen LogP contribution in [0.25, 0.3) is 0 Å². The molecule has 178 valence electrons. The van der Waals surface area contributed by atoms with Crippen LogP contribution < -0.4 is 10.6 Å². The fraction of sp³-hybridized carbons (Fsp3) is 0.762. The van der Waals surface area contributed by atoms with E-state index < -0.39 is 0 Å². The molecule has 1 unspecified atom stereocenters. The zero-order valence-electron chi connectivity index (χ0n) is 19.6. The number of carbonyl (C=O) groups excluding carboxylic acids is 2. The molecule has 3 rings (SSSR count). The normalized spacial score (nSPS) is 19.3. The van der Waals surface area contributed by atoms with Crippen LogP contribution in [-0.4, -0.2) is 94.9 Å². The minimum absolute atomic E-state index is 0.0574. The van der Waals surface area contributed by atoms with Gasteiger partial charge in [0.2, 0.25) is 5.91 Å². The second-order valence-corrected chi connectivity index (χ2v) is 8.42. The van der Waals surface area contributed by atoms with E-state index in [1.54, 1.807) is 19.0 Å². The minimum Gasteiger partial charge on any atom is -0.450 e. The number of aryl methyl sites for hydroxylation is 2. The summed E-state index contributed by atoms with van der Waals surface area (Å²) in [7, 11) is 3.45. The van der Waals surface area contributed by atoms with Crippen molar-refractivity contribution in [3.05, 3.63) is 11.6 Å². The van der Waals surface area contributed by atoms with Gasteiger partial charge in [0.25, 0.3) is 0 Å². The van der Waals surface area contributed by atoms with Crippen molar-refractivity contribution in [1.82, 2.24) is 35.2 Å². The second-order valence-electron chi connectivity index (χ2n) is 8.42. The molecule has 3 heterocycles. The molecule has 11 heteroatoms. The van der Waals surface area contributed by atoms with Gasteiger partial charge in [-0.1, -0.05) is 6.92 Å². The van der Waals surface area contributed by atoms with Gasteiger partial charge in [-0.3, -0.25) is 4.79 Å². The molecule has 2 N–H and O–H groups in total. The van der Waals surface area contributed by atoms with E-state index >= 15 is 0 Å². The number of aromatic nitrogens is 3. The fourth-order valence-corrected chi connectivity index (χ4v) is 3.86. The van der Waals surface area contributed by atoms with Crippen molar-refractivity contribution in [2.24, 2.45) is 4.99 Å². The van der Waals surface area contributed by atoms with Crippen molar-refractivity contribution >= 4 is 18.0 Å². The van der Waals surface area contributed by atoms with Crippen molar-refractivity contribution in [3.63, 3.8) is 0 Å². The summed E-state index contributed by atoms with van der Waals surface area (Å²) in [6.45, 7) is 6.30. The van der Waals surface area contributed by atoms with Crippen LogP contribution in [0, 0.1) is 0 Å². The first-order valence-electron chi connectivity index (χ1n) is 11.5. The van der Waals surface area contributed by atoms with Crippen molar-refractivity contribution in [2.75, 3.05) is 40.3 Å². The Balaban J connectivity index is 1.61. The maximum Gasteiger partial charge on any atom is 0.409 e.